The summed E-state index contributed by atoms with van der Waals surface area (Å²) in [5.74, 6) is 0. The van der Waals surface area contributed by atoms with Gasteiger partial charge < -0.3 is 10.6 Å². The van der Waals surface area contributed by atoms with Gasteiger partial charge in [0.05, 0.1) is 10.2 Å². The second-order valence-electron chi connectivity index (χ2n) is 5.30. The minimum atomic E-state index is -0.167. The number of unbranched alkanes of at least 4 members (excludes halogenated alkanes) is 1. The first kappa shape index (κ1) is 15.5. The summed E-state index contributed by atoms with van der Waals surface area (Å²) in [7, 11) is 0. The Balaban J connectivity index is 1.75. The number of para-hydroxylation sites is 1. The van der Waals surface area contributed by atoms with Gasteiger partial charge in [0.25, 0.3) is 0 Å². The number of urea groups is 1. The molecule has 1 heterocycles. The van der Waals surface area contributed by atoms with Gasteiger partial charge in [-0.25, -0.2) is 9.78 Å². The molecule has 0 spiro atoms. The van der Waals surface area contributed by atoms with Crippen molar-refractivity contribution in [3.63, 3.8) is 0 Å². The third-order valence-electron chi connectivity index (χ3n) is 3.48. The summed E-state index contributed by atoms with van der Waals surface area (Å²) in [5.41, 5.74) is 2.79. The number of benzene rings is 2. The lowest BCUT2D eigenvalue weighted by molar-refractivity contribution is 0.252. The van der Waals surface area contributed by atoms with Gasteiger partial charge in [-0.1, -0.05) is 37.6 Å². The number of hydrogen-bond donors (Lipinski definition) is 2. The summed E-state index contributed by atoms with van der Waals surface area (Å²) in [4.78, 5) is 16.5. The van der Waals surface area contributed by atoms with Crippen LogP contribution in [0.3, 0.4) is 0 Å². The third kappa shape index (κ3) is 3.87. The lowest BCUT2D eigenvalue weighted by atomic mass is 10.2. The van der Waals surface area contributed by atoms with Crippen molar-refractivity contribution in [3.8, 4) is 10.6 Å². The van der Waals surface area contributed by atoms with E-state index in [2.05, 4.69) is 28.6 Å². The number of amides is 2. The second-order valence-corrected chi connectivity index (χ2v) is 6.33. The largest absolute Gasteiger partial charge is 0.338 e. The molecule has 1 aromatic heterocycles. The molecule has 3 aromatic rings. The number of rotatable bonds is 5. The van der Waals surface area contributed by atoms with Gasteiger partial charge in [-0.2, -0.15) is 0 Å². The van der Waals surface area contributed by atoms with Crippen molar-refractivity contribution in [2.24, 2.45) is 0 Å². The first-order valence-corrected chi connectivity index (χ1v) is 8.59. The molecular formula is C18H19N3OS. The van der Waals surface area contributed by atoms with Crippen LogP contribution in [-0.4, -0.2) is 17.6 Å². The van der Waals surface area contributed by atoms with Crippen molar-refractivity contribution < 1.29 is 4.79 Å². The number of fused-ring (bicyclic) bond motifs is 1. The fraction of sp³-hybridized carbons (Fsp3) is 0.222. The normalized spacial score (nSPS) is 10.7. The van der Waals surface area contributed by atoms with Gasteiger partial charge in [0, 0.05) is 17.8 Å². The van der Waals surface area contributed by atoms with E-state index < -0.39 is 0 Å². The fourth-order valence-corrected chi connectivity index (χ4v) is 3.24. The summed E-state index contributed by atoms with van der Waals surface area (Å²) in [6.07, 6.45) is 2.05. The van der Waals surface area contributed by atoms with E-state index in [0.717, 1.165) is 39.3 Å². The second kappa shape index (κ2) is 7.24. The van der Waals surface area contributed by atoms with E-state index in [-0.39, 0.29) is 6.03 Å². The maximum atomic E-state index is 11.8. The van der Waals surface area contributed by atoms with Crippen molar-refractivity contribution >= 4 is 33.3 Å². The summed E-state index contributed by atoms with van der Waals surface area (Å²) < 4.78 is 1.16. The van der Waals surface area contributed by atoms with Gasteiger partial charge in [-0.3, -0.25) is 0 Å². The van der Waals surface area contributed by atoms with E-state index in [1.165, 1.54) is 0 Å². The Hall–Kier alpha value is -2.40. The van der Waals surface area contributed by atoms with Crippen LogP contribution >= 0.6 is 11.3 Å². The Bertz CT molecular complexity index is 780. The summed E-state index contributed by atoms with van der Waals surface area (Å²) >= 11 is 1.66. The molecule has 5 heteroatoms. The molecule has 2 aromatic carbocycles. The summed E-state index contributed by atoms with van der Waals surface area (Å²) in [6.45, 7) is 2.79. The molecule has 0 saturated carbocycles. The number of thiazole rings is 1. The summed E-state index contributed by atoms with van der Waals surface area (Å²) in [6, 6.07) is 15.7. The van der Waals surface area contributed by atoms with Crippen molar-refractivity contribution in [3.05, 3.63) is 48.5 Å². The van der Waals surface area contributed by atoms with Crippen LogP contribution in [0.2, 0.25) is 0 Å². The topological polar surface area (TPSA) is 54.0 Å². The highest BCUT2D eigenvalue weighted by Crippen LogP contribution is 2.31. The Morgan fingerprint density at radius 2 is 2.04 bits per heavy atom. The number of aromatic nitrogens is 1. The number of carbonyl (C=O) groups excluding carboxylic acids is 1. The predicted molar refractivity (Wildman–Crippen MR) is 97.0 cm³/mol. The lowest BCUT2D eigenvalue weighted by Gasteiger charge is -2.08. The van der Waals surface area contributed by atoms with Gasteiger partial charge >= 0.3 is 6.03 Å². The number of hydrogen-bond acceptors (Lipinski definition) is 3. The van der Waals surface area contributed by atoms with Gasteiger partial charge in [0.1, 0.15) is 5.01 Å². The molecule has 0 atom stereocenters. The number of carbonyl (C=O) groups is 1. The van der Waals surface area contributed by atoms with Gasteiger partial charge in [-0.05, 0) is 30.7 Å². The molecule has 0 saturated heterocycles. The first-order valence-electron chi connectivity index (χ1n) is 7.77. The van der Waals surface area contributed by atoms with Crippen molar-refractivity contribution in [2.75, 3.05) is 11.9 Å². The van der Waals surface area contributed by atoms with Crippen molar-refractivity contribution in [1.82, 2.24) is 10.3 Å². The molecule has 4 nitrogen and oxygen atoms in total. The minimum Gasteiger partial charge on any atom is -0.338 e. The van der Waals surface area contributed by atoms with Crippen LogP contribution < -0.4 is 10.6 Å². The molecule has 23 heavy (non-hydrogen) atoms. The Labute approximate surface area is 139 Å². The van der Waals surface area contributed by atoms with E-state index >= 15 is 0 Å². The molecular weight excluding hydrogens is 306 g/mol. The lowest BCUT2D eigenvalue weighted by Crippen LogP contribution is -2.29. The number of anilines is 1. The minimum absolute atomic E-state index is 0.167. The van der Waals surface area contributed by atoms with Gasteiger partial charge in [0.2, 0.25) is 0 Å². The molecule has 0 aliphatic rings. The zero-order valence-corrected chi connectivity index (χ0v) is 13.8. The predicted octanol–water partition coefficient (Wildman–Crippen LogP) is 4.88. The molecule has 0 unspecified atom stereocenters. The molecule has 2 N–H and O–H groups in total. The highest BCUT2D eigenvalue weighted by atomic mass is 32.1. The first-order chi connectivity index (χ1) is 11.3. The zero-order valence-electron chi connectivity index (χ0n) is 13.0. The van der Waals surface area contributed by atoms with E-state index in [9.17, 15) is 4.79 Å². The molecule has 0 radical (unpaired) electrons. The van der Waals surface area contributed by atoms with Crippen molar-refractivity contribution in [2.45, 2.75) is 19.8 Å². The molecule has 0 bridgehead atoms. The molecule has 0 fully saturated rings. The standard InChI is InChI=1S/C18H19N3OS/c1-2-3-11-19-18(22)20-14-8-6-7-13(12-14)17-21-15-9-4-5-10-16(15)23-17/h4-10,12H,2-3,11H2,1H3,(H2,19,20,22). The van der Waals surface area contributed by atoms with E-state index in [1.807, 2.05) is 42.5 Å². The van der Waals surface area contributed by atoms with E-state index in [4.69, 9.17) is 0 Å². The zero-order chi connectivity index (χ0) is 16.1. The van der Waals surface area contributed by atoms with Gasteiger partial charge in [0.15, 0.2) is 0 Å². The Morgan fingerprint density at radius 1 is 1.17 bits per heavy atom. The smallest absolute Gasteiger partial charge is 0.319 e. The van der Waals surface area contributed by atoms with Crippen LogP contribution in [0.15, 0.2) is 48.5 Å². The van der Waals surface area contributed by atoms with Crippen LogP contribution in [0.25, 0.3) is 20.8 Å². The third-order valence-corrected chi connectivity index (χ3v) is 4.56. The maximum Gasteiger partial charge on any atom is 0.319 e. The quantitative estimate of drug-likeness (QED) is 0.657. The van der Waals surface area contributed by atoms with Crippen LogP contribution in [0.4, 0.5) is 10.5 Å². The molecule has 0 aliphatic carbocycles. The van der Waals surface area contributed by atoms with Gasteiger partial charge in [-0.15, -0.1) is 11.3 Å². The van der Waals surface area contributed by atoms with Crippen molar-refractivity contribution in [1.29, 1.82) is 0 Å². The van der Waals surface area contributed by atoms with Crippen LogP contribution in [-0.2, 0) is 0 Å². The number of nitrogens with zero attached hydrogens (tertiary/aromatic N) is 1. The van der Waals surface area contributed by atoms with Crippen LogP contribution in [0, 0.1) is 0 Å². The average Bonchev–Trinajstić information content (AvgIpc) is 2.99. The molecule has 118 valence electrons. The molecule has 0 aliphatic heterocycles. The molecule has 2 amide bonds. The van der Waals surface area contributed by atoms with Crippen LogP contribution in [0.5, 0.6) is 0 Å². The Kier molecular flexibility index (Phi) is 4.88. The van der Waals surface area contributed by atoms with E-state index in [1.54, 1.807) is 11.3 Å². The Morgan fingerprint density at radius 3 is 2.87 bits per heavy atom. The average molecular weight is 325 g/mol. The number of nitrogens with one attached hydrogen (secondary N) is 2. The monoisotopic (exact) mass is 325 g/mol. The van der Waals surface area contributed by atoms with E-state index in [0.29, 0.717) is 6.54 Å². The van der Waals surface area contributed by atoms with Crippen LogP contribution in [0.1, 0.15) is 19.8 Å². The summed E-state index contributed by atoms with van der Waals surface area (Å²) in [5, 5.41) is 6.68. The highest BCUT2D eigenvalue weighted by molar-refractivity contribution is 7.21. The fourth-order valence-electron chi connectivity index (χ4n) is 2.28. The highest BCUT2D eigenvalue weighted by Gasteiger charge is 2.07. The SMILES string of the molecule is CCCCNC(=O)Nc1cccc(-c2nc3ccccc3s2)c1. The maximum absolute atomic E-state index is 11.8. The molecule has 3 rings (SSSR count).